The molecule has 0 amide bonds. The van der Waals surface area contributed by atoms with Crippen molar-refractivity contribution in [3.8, 4) is 11.3 Å². The van der Waals surface area contributed by atoms with Crippen LogP contribution in [0.4, 0.5) is 13.2 Å². The summed E-state index contributed by atoms with van der Waals surface area (Å²) < 4.78 is 41.0. The average Bonchev–Trinajstić information content (AvgIpc) is 2.79. The van der Waals surface area contributed by atoms with Gasteiger partial charge in [-0.05, 0) is 23.3 Å². The molecule has 162 valence electrons. The quantitative estimate of drug-likeness (QED) is 0.471. The number of benzene rings is 3. The Kier molecular flexibility index (Phi) is 5.77. The van der Waals surface area contributed by atoms with Crippen LogP contribution in [-0.2, 0) is 19.3 Å². The van der Waals surface area contributed by atoms with Crippen LogP contribution in [0, 0.1) is 0 Å². The molecule has 32 heavy (non-hydrogen) atoms. The number of rotatable bonds is 5. The van der Waals surface area contributed by atoms with Crippen molar-refractivity contribution in [3.63, 3.8) is 0 Å². The Bertz CT molecular complexity index is 1330. The van der Waals surface area contributed by atoms with Crippen LogP contribution < -0.4 is 11.2 Å². The van der Waals surface area contributed by atoms with E-state index < -0.39 is 23.0 Å². The molecule has 0 spiro atoms. The van der Waals surface area contributed by atoms with Crippen molar-refractivity contribution in [3.05, 3.63) is 122 Å². The summed E-state index contributed by atoms with van der Waals surface area (Å²) >= 11 is 0. The van der Waals surface area contributed by atoms with Gasteiger partial charge in [0.1, 0.15) is 0 Å². The third kappa shape index (κ3) is 4.54. The van der Waals surface area contributed by atoms with Crippen LogP contribution >= 0.6 is 0 Å². The predicted molar refractivity (Wildman–Crippen MR) is 114 cm³/mol. The van der Waals surface area contributed by atoms with Gasteiger partial charge in [-0.15, -0.1) is 0 Å². The van der Waals surface area contributed by atoms with E-state index in [9.17, 15) is 22.8 Å². The molecule has 3 aromatic carbocycles. The van der Waals surface area contributed by atoms with E-state index >= 15 is 0 Å². The maximum absolute atomic E-state index is 13.1. The van der Waals surface area contributed by atoms with E-state index in [2.05, 4.69) is 5.10 Å². The van der Waals surface area contributed by atoms with Gasteiger partial charge in [-0.1, -0.05) is 72.8 Å². The first kappa shape index (κ1) is 21.3. The summed E-state index contributed by atoms with van der Waals surface area (Å²) in [6, 6.07) is 22.2. The highest BCUT2D eigenvalue weighted by Gasteiger charge is 2.30. The number of hydrogen-bond donors (Lipinski definition) is 0. The van der Waals surface area contributed by atoms with Crippen LogP contribution in [0.3, 0.4) is 0 Å². The Morgan fingerprint density at radius 1 is 0.719 bits per heavy atom. The highest BCUT2D eigenvalue weighted by atomic mass is 19.4. The lowest BCUT2D eigenvalue weighted by molar-refractivity contribution is -0.137. The Morgan fingerprint density at radius 3 is 1.78 bits per heavy atom. The van der Waals surface area contributed by atoms with E-state index in [1.165, 1.54) is 12.1 Å². The van der Waals surface area contributed by atoms with Crippen LogP contribution in [0.2, 0.25) is 0 Å². The Morgan fingerprint density at radius 2 is 1.25 bits per heavy atom. The molecule has 0 bridgehead atoms. The fraction of sp³-hybridized carbons (Fsp3) is 0.125. The number of halogens is 3. The van der Waals surface area contributed by atoms with E-state index in [1.54, 1.807) is 24.3 Å². The molecule has 5 nitrogen and oxygen atoms in total. The van der Waals surface area contributed by atoms with Gasteiger partial charge >= 0.3 is 11.9 Å². The predicted octanol–water partition coefficient (Wildman–Crippen LogP) is 4.19. The van der Waals surface area contributed by atoms with Crippen LogP contribution in [0.25, 0.3) is 11.3 Å². The number of nitrogens with zero attached hydrogens (tertiary/aromatic N) is 3. The number of alkyl halides is 3. The van der Waals surface area contributed by atoms with E-state index in [1.807, 2.05) is 36.4 Å². The average molecular weight is 437 g/mol. The molecule has 0 unspecified atom stereocenters. The second-order valence-corrected chi connectivity index (χ2v) is 7.23. The van der Waals surface area contributed by atoms with Crippen molar-refractivity contribution < 1.29 is 13.2 Å². The minimum Gasteiger partial charge on any atom is -0.267 e. The minimum absolute atomic E-state index is 0.0173. The van der Waals surface area contributed by atoms with Gasteiger partial charge in [-0.3, -0.25) is 9.36 Å². The SMILES string of the molecule is O=c1c(-c2ccc(C(F)(F)F)cc2)nn(Cc2ccccc2)c(=O)n1Cc1ccccc1. The highest BCUT2D eigenvalue weighted by molar-refractivity contribution is 5.58. The summed E-state index contributed by atoms with van der Waals surface area (Å²) in [7, 11) is 0. The summed E-state index contributed by atoms with van der Waals surface area (Å²) in [6.07, 6.45) is -4.49. The Labute approximate surface area is 181 Å². The van der Waals surface area contributed by atoms with Crippen molar-refractivity contribution in [1.82, 2.24) is 14.3 Å². The molecule has 1 aromatic heterocycles. The molecule has 1 heterocycles. The molecule has 4 aromatic rings. The molecular weight excluding hydrogens is 419 g/mol. The molecular formula is C24H18F3N3O2. The zero-order valence-electron chi connectivity index (χ0n) is 16.8. The molecule has 0 saturated heterocycles. The highest BCUT2D eigenvalue weighted by Crippen LogP contribution is 2.30. The second-order valence-electron chi connectivity index (χ2n) is 7.23. The van der Waals surface area contributed by atoms with E-state index in [-0.39, 0.29) is 24.3 Å². The first-order chi connectivity index (χ1) is 15.3. The molecule has 8 heteroatoms. The monoisotopic (exact) mass is 437 g/mol. The number of hydrogen-bond acceptors (Lipinski definition) is 3. The van der Waals surface area contributed by atoms with Crippen molar-refractivity contribution in [2.75, 3.05) is 0 Å². The van der Waals surface area contributed by atoms with E-state index in [0.29, 0.717) is 0 Å². The molecule has 0 aliphatic rings. The zero-order chi connectivity index (χ0) is 22.7. The minimum atomic E-state index is -4.49. The van der Waals surface area contributed by atoms with E-state index in [0.717, 1.165) is 32.5 Å². The maximum Gasteiger partial charge on any atom is 0.416 e. The fourth-order valence-electron chi connectivity index (χ4n) is 3.32. The summed E-state index contributed by atoms with van der Waals surface area (Å²) in [4.78, 5) is 26.2. The van der Waals surface area contributed by atoms with Crippen LogP contribution in [-0.4, -0.2) is 14.3 Å². The van der Waals surface area contributed by atoms with Crippen LogP contribution in [0.15, 0.2) is 94.5 Å². The van der Waals surface area contributed by atoms with Crippen LogP contribution in [0.5, 0.6) is 0 Å². The molecule has 0 radical (unpaired) electrons. The fourth-order valence-corrected chi connectivity index (χ4v) is 3.32. The molecule has 0 N–H and O–H groups in total. The standard InChI is InChI=1S/C24H18F3N3O2/c25-24(26,27)20-13-11-19(12-14-20)21-22(31)29(15-17-7-3-1-4-8-17)23(32)30(28-21)16-18-9-5-2-6-10-18/h1-14H,15-16H2. The lowest BCUT2D eigenvalue weighted by Crippen LogP contribution is -2.42. The molecule has 0 aliphatic heterocycles. The van der Waals surface area contributed by atoms with Crippen LogP contribution in [0.1, 0.15) is 16.7 Å². The third-order valence-corrected chi connectivity index (χ3v) is 4.96. The van der Waals surface area contributed by atoms with Gasteiger partial charge < -0.3 is 0 Å². The van der Waals surface area contributed by atoms with Crippen molar-refractivity contribution in [2.45, 2.75) is 19.3 Å². The summed E-state index contributed by atoms with van der Waals surface area (Å²) in [5, 5.41) is 4.22. The van der Waals surface area contributed by atoms with E-state index in [4.69, 9.17) is 0 Å². The van der Waals surface area contributed by atoms with Gasteiger partial charge in [0.2, 0.25) is 0 Å². The van der Waals surface area contributed by atoms with Gasteiger partial charge in [0.05, 0.1) is 18.7 Å². The smallest absolute Gasteiger partial charge is 0.267 e. The van der Waals surface area contributed by atoms with Crippen molar-refractivity contribution >= 4 is 0 Å². The Balaban J connectivity index is 1.85. The summed E-state index contributed by atoms with van der Waals surface area (Å²) in [5.74, 6) is 0. The van der Waals surface area contributed by atoms with Gasteiger partial charge in [-0.2, -0.15) is 18.3 Å². The topological polar surface area (TPSA) is 56.9 Å². The largest absolute Gasteiger partial charge is 0.416 e. The Hall–Kier alpha value is -3.94. The third-order valence-electron chi connectivity index (χ3n) is 4.96. The molecule has 0 atom stereocenters. The number of aromatic nitrogens is 3. The summed E-state index contributed by atoms with van der Waals surface area (Å²) in [5.41, 5.74) is -0.450. The van der Waals surface area contributed by atoms with Gasteiger partial charge in [-0.25, -0.2) is 9.48 Å². The second kappa shape index (κ2) is 8.66. The van der Waals surface area contributed by atoms with Crippen molar-refractivity contribution in [1.29, 1.82) is 0 Å². The van der Waals surface area contributed by atoms with Gasteiger partial charge in [0, 0.05) is 5.56 Å². The van der Waals surface area contributed by atoms with Crippen molar-refractivity contribution in [2.24, 2.45) is 0 Å². The maximum atomic E-state index is 13.1. The molecule has 0 fully saturated rings. The molecule has 4 rings (SSSR count). The first-order valence-corrected chi connectivity index (χ1v) is 9.80. The van der Waals surface area contributed by atoms with Gasteiger partial charge in [0.15, 0.2) is 5.69 Å². The first-order valence-electron chi connectivity index (χ1n) is 9.80. The molecule has 0 aliphatic carbocycles. The van der Waals surface area contributed by atoms with Gasteiger partial charge in [0.25, 0.3) is 5.56 Å². The lowest BCUT2D eigenvalue weighted by Gasteiger charge is -2.13. The summed E-state index contributed by atoms with van der Waals surface area (Å²) in [6.45, 7) is 0.131. The zero-order valence-corrected chi connectivity index (χ0v) is 16.8. The molecule has 0 saturated carbocycles. The normalized spacial score (nSPS) is 11.5. The lowest BCUT2D eigenvalue weighted by atomic mass is 10.1.